The van der Waals surface area contributed by atoms with Gasteiger partial charge < -0.3 is 25.5 Å². The predicted molar refractivity (Wildman–Crippen MR) is 78.7 cm³/mol. The van der Waals surface area contributed by atoms with Crippen molar-refractivity contribution in [2.24, 2.45) is 5.92 Å². The number of fused-ring (bicyclic) bond motifs is 2. The third-order valence-corrected chi connectivity index (χ3v) is 4.18. The Balaban J connectivity index is 2.36. The van der Waals surface area contributed by atoms with Crippen LogP contribution in [0.1, 0.15) is 22.8 Å². The summed E-state index contributed by atoms with van der Waals surface area (Å²) in [7, 11) is 0. The summed E-state index contributed by atoms with van der Waals surface area (Å²) in [5, 5.41) is 49.6. The Morgan fingerprint density at radius 1 is 1.22 bits per heavy atom. The number of hydrogen-bond donors (Lipinski definition) is 5. The fourth-order valence-electron chi connectivity index (χ4n) is 3.25. The number of aromatic hydroxyl groups is 3. The number of carbonyl (C=O) groups excluding carboxylic acids is 1. The minimum Gasteiger partial charge on any atom is -0.508 e. The van der Waals surface area contributed by atoms with Crippen molar-refractivity contribution in [1.82, 2.24) is 0 Å². The Morgan fingerprint density at radius 2 is 1.87 bits per heavy atom. The smallest absolute Gasteiger partial charge is 0.317 e. The summed E-state index contributed by atoms with van der Waals surface area (Å²) >= 11 is 0. The highest BCUT2D eigenvalue weighted by Gasteiger charge is 2.49. The Bertz CT molecular complexity index is 867. The quantitative estimate of drug-likeness (QED) is 0.498. The molecule has 0 saturated carbocycles. The van der Waals surface area contributed by atoms with Crippen LogP contribution in [0.25, 0.3) is 10.8 Å². The van der Waals surface area contributed by atoms with Crippen molar-refractivity contribution in [3.05, 3.63) is 29.3 Å². The number of aliphatic carboxylic acids is 1. The van der Waals surface area contributed by atoms with Crippen molar-refractivity contribution < 1.29 is 35.1 Å². The van der Waals surface area contributed by atoms with E-state index < -0.39 is 34.8 Å². The molecule has 3 rings (SSSR count). The second-order valence-electron chi connectivity index (χ2n) is 5.99. The van der Waals surface area contributed by atoms with Crippen molar-refractivity contribution >= 4 is 22.5 Å². The minimum atomic E-state index is -1.81. The molecular formula is C16H14O7. The summed E-state index contributed by atoms with van der Waals surface area (Å²) in [5.74, 6) is -5.33. The summed E-state index contributed by atoms with van der Waals surface area (Å²) in [6, 6.07) is 3.73. The Morgan fingerprint density at radius 3 is 2.48 bits per heavy atom. The summed E-state index contributed by atoms with van der Waals surface area (Å²) in [6.07, 6.45) is -0.162. The number of ketones is 1. The first-order valence-corrected chi connectivity index (χ1v) is 6.83. The Kier molecular flexibility index (Phi) is 3.02. The standard InChI is InChI=1S/C16H14O7/c1-16(23)5-7-2-6-3-8(17)4-9(18)10(6)13(19)11(7)14(20)12(16)15(21)22/h2-4,12,17-19,23H,5H2,1H3,(H,21,22). The van der Waals surface area contributed by atoms with Crippen molar-refractivity contribution in [3.63, 3.8) is 0 Å². The van der Waals surface area contributed by atoms with Crippen molar-refractivity contribution in [3.8, 4) is 17.2 Å². The van der Waals surface area contributed by atoms with Gasteiger partial charge in [0.15, 0.2) is 5.78 Å². The SMILES string of the molecule is CC1(O)Cc2cc3cc(O)cc(O)c3c(O)c2C(=O)C1C(=O)O. The van der Waals surface area contributed by atoms with Crippen LogP contribution in [0.15, 0.2) is 18.2 Å². The summed E-state index contributed by atoms with van der Waals surface area (Å²) < 4.78 is 0. The molecule has 2 aromatic carbocycles. The highest BCUT2D eigenvalue weighted by atomic mass is 16.4. The van der Waals surface area contributed by atoms with Crippen LogP contribution in [0.2, 0.25) is 0 Å². The lowest BCUT2D eigenvalue weighted by molar-refractivity contribution is -0.147. The molecule has 120 valence electrons. The lowest BCUT2D eigenvalue weighted by Crippen LogP contribution is -2.49. The molecule has 0 amide bonds. The first kappa shape index (κ1) is 15.1. The van der Waals surface area contributed by atoms with E-state index in [1.807, 2.05) is 0 Å². The number of carbonyl (C=O) groups is 2. The van der Waals surface area contributed by atoms with Crippen molar-refractivity contribution in [2.45, 2.75) is 18.9 Å². The van der Waals surface area contributed by atoms with Crippen LogP contribution in [-0.4, -0.2) is 42.9 Å². The third-order valence-electron chi connectivity index (χ3n) is 4.18. The number of phenolic OH excluding ortho intramolecular Hbond substituents is 3. The number of aliphatic hydroxyl groups is 1. The van der Waals surface area contributed by atoms with Crippen LogP contribution in [-0.2, 0) is 11.2 Å². The number of Topliss-reactive ketones (excluding diaryl/α,β-unsaturated/α-hetero) is 1. The molecule has 0 radical (unpaired) electrons. The molecule has 0 spiro atoms. The highest BCUT2D eigenvalue weighted by molar-refractivity contribution is 6.15. The molecule has 2 aromatic rings. The molecule has 0 heterocycles. The van der Waals surface area contributed by atoms with Gasteiger partial charge in [-0.1, -0.05) is 0 Å². The summed E-state index contributed by atoms with van der Waals surface area (Å²) in [5.41, 5.74) is -1.78. The molecule has 7 heteroatoms. The molecule has 2 atom stereocenters. The number of rotatable bonds is 1. The monoisotopic (exact) mass is 318 g/mol. The van der Waals surface area contributed by atoms with Crippen LogP contribution >= 0.6 is 0 Å². The number of benzene rings is 2. The van der Waals surface area contributed by atoms with Gasteiger partial charge in [-0.05, 0) is 30.0 Å². The predicted octanol–water partition coefficient (Wildman–Crippen LogP) is 1.15. The average molecular weight is 318 g/mol. The maximum atomic E-state index is 12.5. The molecule has 0 fully saturated rings. The zero-order valence-corrected chi connectivity index (χ0v) is 12.1. The Labute approximate surface area is 130 Å². The van der Waals surface area contributed by atoms with Gasteiger partial charge in [0, 0.05) is 12.5 Å². The normalized spacial score (nSPS) is 23.7. The van der Waals surface area contributed by atoms with E-state index in [1.165, 1.54) is 19.1 Å². The minimum absolute atomic E-state index is 0.0550. The fraction of sp³-hybridized carbons (Fsp3) is 0.250. The highest BCUT2D eigenvalue weighted by Crippen LogP contribution is 2.44. The number of carboxylic acid groups (broad SMARTS) is 1. The molecule has 0 aromatic heterocycles. The molecule has 2 unspecified atom stereocenters. The van der Waals surface area contributed by atoms with Gasteiger partial charge in [-0.2, -0.15) is 0 Å². The van der Waals surface area contributed by atoms with Crippen LogP contribution in [0.5, 0.6) is 17.2 Å². The molecular weight excluding hydrogens is 304 g/mol. The molecule has 0 saturated heterocycles. The van der Waals surface area contributed by atoms with Gasteiger partial charge in [-0.3, -0.25) is 9.59 Å². The maximum absolute atomic E-state index is 12.5. The van der Waals surface area contributed by atoms with Gasteiger partial charge in [0.05, 0.1) is 16.6 Å². The number of carboxylic acids is 1. The first-order chi connectivity index (χ1) is 10.6. The number of hydrogen-bond acceptors (Lipinski definition) is 6. The van der Waals surface area contributed by atoms with Crippen molar-refractivity contribution in [2.75, 3.05) is 0 Å². The van der Waals surface area contributed by atoms with Gasteiger partial charge in [0.25, 0.3) is 0 Å². The molecule has 5 N–H and O–H groups in total. The summed E-state index contributed by atoms with van der Waals surface area (Å²) in [6.45, 7) is 1.24. The van der Waals surface area contributed by atoms with Gasteiger partial charge in [0.2, 0.25) is 0 Å². The molecule has 23 heavy (non-hydrogen) atoms. The van der Waals surface area contributed by atoms with E-state index in [0.717, 1.165) is 6.07 Å². The average Bonchev–Trinajstić information content (AvgIpc) is 2.34. The van der Waals surface area contributed by atoms with Gasteiger partial charge in [-0.25, -0.2) is 0 Å². The van der Waals surface area contributed by atoms with Gasteiger partial charge >= 0.3 is 5.97 Å². The molecule has 1 aliphatic carbocycles. The maximum Gasteiger partial charge on any atom is 0.317 e. The van der Waals surface area contributed by atoms with Crippen LogP contribution in [0.3, 0.4) is 0 Å². The zero-order chi connectivity index (χ0) is 17.1. The fourth-order valence-corrected chi connectivity index (χ4v) is 3.25. The van der Waals surface area contributed by atoms with E-state index >= 15 is 0 Å². The Hall–Kier alpha value is -2.80. The van der Waals surface area contributed by atoms with E-state index in [1.54, 1.807) is 0 Å². The van der Waals surface area contributed by atoms with E-state index in [0.29, 0.717) is 0 Å². The largest absolute Gasteiger partial charge is 0.508 e. The third kappa shape index (κ3) is 2.08. The first-order valence-electron chi connectivity index (χ1n) is 6.83. The van der Waals surface area contributed by atoms with E-state index in [4.69, 9.17) is 0 Å². The van der Waals surface area contributed by atoms with Crippen LogP contribution in [0, 0.1) is 5.92 Å². The van der Waals surface area contributed by atoms with E-state index in [9.17, 15) is 35.1 Å². The number of phenols is 3. The van der Waals surface area contributed by atoms with Crippen molar-refractivity contribution in [1.29, 1.82) is 0 Å². The second-order valence-corrected chi connectivity index (χ2v) is 5.99. The van der Waals surface area contributed by atoms with E-state index in [-0.39, 0.29) is 34.1 Å². The molecule has 0 aliphatic heterocycles. The van der Waals surface area contributed by atoms with Crippen LogP contribution < -0.4 is 0 Å². The van der Waals surface area contributed by atoms with Crippen LogP contribution in [0.4, 0.5) is 0 Å². The zero-order valence-electron chi connectivity index (χ0n) is 12.1. The topological polar surface area (TPSA) is 135 Å². The van der Waals surface area contributed by atoms with Gasteiger partial charge in [0.1, 0.15) is 23.2 Å². The van der Waals surface area contributed by atoms with E-state index in [2.05, 4.69) is 0 Å². The second kappa shape index (κ2) is 4.60. The molecule has 0 bridgehead atoms. The lowest BCUT2D eigenvalue weighted by Gasteiger charge is -2.35. The lowest BCUT2D eigenvalue weighted by atomic mass is 9.71. The summed E-state index contributed by atoms with van der Waals surface area (Å²) in [4.78, 5) is 23.8. The van der Waals surface area contributed by atoms with Gasteiger partial charge in [-0.15, -0.1) is 0 Å². The molecule has 1 aliphatic rings. The molecule has 7 nitrogen and oxygen atoms in total.